The maximum absolute atomic E-state index is 6.24. The van der Waals surface area contributed by atoms with Gasteiger partial charge in [-0.1, -0.05) is 11.6 Å². The van der Waals surface area contributed by atoms with Crippen molar-refractivity contribution in [2.45, 2.75) is 47.3 Å². The standard InChI is InChI=1S/C13H19ClN4O/c1-5-18-11(13(14)9(3)17-18)6-15-7-12-16-8(2)10(4)19-12/h15H,5-7H2,1-4H3. The van der Waals surface area contributed by atoms with Crippen LogP contribution in [0.15, 0.2) is 4.42 Å². The van der Waals surface area contributed by atoms with E-state index in [0.717, 1.165) is 34.4 Å². The van der Waals surface area contributed by atoms with Crippen LogP contribution in [0.4, 0.5) is 0 Å². The van der Waals surface area contributed by atoms with Crippen molar-refractivity contribution in [1.29, 1.82) is 0 Å². The van der Waals surface area contributed by atoms with Gasteiger partial charge in [-0.15, -0.1) is 0 Å². The molecule has 0 amide bonds. The van der Waals surface area contributed by atoms with Gasteiger partial charge in [-0.3, -0.25) is 4.68 Å². The highest BCUT2D eigenvalue weighted by atomic mass is 35.5. The van der Waals surface area contributed by atoms with Crippen LogP contribution in [-0.4, -0.2) is 14.8 Å². The minimum atomic E-state index is 0.582. The summed E-state index contributed by atoms with van der Waals surface area (Å²) < 4.78 is 7.43. The summed E-state index contributed by atoms with van der Waals surface area (Å²) in [6.45, 7) is 9.85. The van der Waals surface area contributed by atoms with Crippen LogP contribution < -0.4 is 5.32 Å². The Labute approximate surface area is 118 Å². The highest BCUT2D eigenvalue weighted by molar-refractivity contribution is 6.31. The van der Waals surface area contributed by atoms with Crippen LogP contribution >= 0.6 is 11.6 Å². The second kappa shape index (κ2) is 5.75. The molecule has 0 unspecified atom stereocenters. The van der Waals surface area contributed by atoms with E-state index in [9.17, 15) is 0 Å². The number of rotatable bonds is 5. The predicted molar refractivity (Wildman–Crippen MR) is 74.2 cm³/mol. The molecule has 0 aliphatic rings. The molecule has 6 heteroatoms. The number of halogens is 1. The Morgan fingerprint density at radius 3 is 2.53 bits per heavy atom. The zero-order valence-corrected chi connectivity index (χ0v) is 12.5. The van der Waals surface area contributed by atoms with Crippen molar-refractivity contribution in [2.24, 2.45) is 0 Å². The number of aryl methyl sites for hydroxylation is 4. The highest BCUT2D eigenvalue weighted by Crippen LogP contribution is 2.20. The summed E-state index contributed by atoms with van der Waals surface area (Å²) in [5, 5.41) is 8.39. The topological polar surface area (TPSA) is 55.9 Å². The fraction of sp³-hybridized carbons (Fsp3) is 0.538. The Morgan fingerprint density at radius 1 is 1.21 bits per heavy atom. The van der Waals surface area contributed by atoms with Gasteiger partial charge < -0.3 is 9.73 Å². The van der Waals surface area contributed by atoms with E-state index in [4.69, 9.17) is 16.0 Å². The number of oxazole rings is 1. The number of aromatic nitrogens is 3. The van der Waals surface area contributed by atoms with Crippen molar-refractivity contribution in [2.75, 3.05) is 0 Å². The molecule has 0 saturated carbocycles. The highest BCUT2D eigenvalue weighted by Gasteiger charge is 2.12. The zero-order chi connectivity index (χ0) is 14.0. The van der Waals surface area contributed by atoms with Gasteiger partial charge in [-0.2, -0.15) is 5.10 Å². The van der Waals surface area contributed by atoms with Crippen molar-refractivity contribution in [3.05, 3.63) is 33.8 Å². The second-order valence-electron chi connectivity index (χ2n) is 4.51. The fourth-order valence-electron chi connectivity index (χ4n) is 1.94. The van der Waals surface area contributed by atoms with E-state index in [1.807, 2.05) is 32.4 Å². The lowest BCUT2D eigenvalue weighted by Crippen LogP contribution is -2.16. The number of nitrogens with one attached hydrogen (secondary N) is 1. The van der Waals surface area contributed by atoms with Crippen molar-refractivity contribution in [3.63, 3.8) is 0 Å². The van der Waals surface area contributed by atoms with E-state index >= 15 is 0 Å². The molecule has 0 spiro atoms. The molecule has 0 fully saturated rings. The Hall–Kier alpha value is -1.33. The molecule has 0 radical (unpaired) electrons. The van der Waals surface area contributed by atoms with Crippen LogP contribution in [0.1, 0.15) is 35.7 Å². The van der Waals surface area contributed by atoms with Crippen LogP contribution in [0.25, 0.3) is 0 Å². The first kappa shape index (κ1) is 14.1. The molecule has 104 valence electrons. The molecular weight excluding hydrogens is 264 g/mol. The second-order valence-corrected chi connectivity index (χ2v) is 4.89. The largest absolute Gasteiger partial charge is 0.444 e. The first-order chi connectivity index (χ1) is 9.02. The van der Waals surface area contributed by atoms with Crippen LogP contribution in [0.5, 0.6) is 0 Å². The monoisotopic (exact) mass is 282 g/mol. The Morgan fingerprint density at radius 2 is 1.95 bits per heavy atom. The molecular formula is C13H19ClN4O. The van der Waals surface area contributed by atoms with Crippen molar-refractivity contribution in [3.8, 4) is 0 Å². The molecule has 19 heavy (non-hydrogen) atoms. The average Bonchev–Trinajstić information content (AvgIpc) is 2.83. The SMILES string of the molecule is CCn1nc(C)c(Cl)c1CNCc1nc(C)c(C)o1. The molecule has 2 rings (SSSR count). The Balaban J connectivity index is 1.99. The summed E-state index contributed by atoms with van der Waals surface area (Å²) in [4.78, 5) is 4.33. The lowest BCUT2D eigenvalue weighted by atomic mass is 10.3. The van der Waals surface area contributed by atoms with Gasteiger partial charge in [-0.25, -0.2) is 4.98 Å². The van der Waals surface area contributed by atoms with Crippen molar-refractivity contribution in [1.82, 2.24) is 20.1 Å². The van der Waals surface area contributed by atoms with Crippen LogP contribution in [0.3, 0.4) is 0 Å². The summed E-state index contributed by atoms with van der Waals surface area (Å²) in [6.07, 6.45) is 0. The van der Waals surface area contributed by atoms with Gasteiger partial charge in [0, 0.05) is 13.1 Å². The normalized spacial score (nSPS) is 11.2. The third-order valence-electron chi connectivity index (χ3n) is 3.09. The van der Waals surface area contributed by atoms with Crippen molar-refractivity contribution < 1.29 is 4.42 Å². The lowest BCUT2D eigenvalue weighted by Gasteiger charge is -2.05. The van der Waals surface area contributed by atoms with Gasteiger partial charge in [0.15, 0.2) is 0 Å². The summed E-state index contributed by atoms with van der Waals surface area (Å²) in [5.74, 6) is 1.56. The molecule has 2 aromatic heterocycles. The predicted octanol–water partition coefficient (Wildman–Crippen LogP) is 2.76. The zero-order valence-electron chi connectivity index (χ0n) is 11.7. The lowest BCUT2D eigenvalue weighted by molar-refractivity contribution is 0.445. The number of hydrogen-bond donors (Lipinski definition) is 1. The summed E-state index contributed by atoms with van der Waals surface area (Å²) in [5.41, 5.74) is 2.80. The summed E-state index contributed by atoms with van der Waals surface area (Å²) >= 11 is 6.24. The molecule has 0 atom stereocenters. The summed E-state index contributed by atoms with van der Waals surface area (Å²) in [6, 6.07) is 0. The first-order valence-corrected chi connectivity index (χ1v) is 6.76. The smallest absolute Gasteiger partial charge is 0.208 e. The fourth-order valence-corrected chi connectivity index (χ4v) is 2.14. The molecule has 0 bridgehead atoms. The van der Waals surface area contributed by atoms with E-state index in [1.54, 1.807) is 0 Å². The van der Waals surface area contributed by atoms with E-state index in [-0.39, 0.29) is 0 Å². The van der Waals surface area contributed by atoms with Gasteiger partial charge in [0.1, 0.15) is 5.76 Å². The minimum Gasteiger partial charge on any atom is -0.444 e. The van der Waals surface area contributed by atoms with Gasteiger partial charge in [0.05, 0.1) is 28.6 Å². The number of nitrogens with zero attached hydrogens (tertiary/aromatic N) is 3. The van der Waals surface area contributed by atoms with Gasteiger partial charge >= 0.3 is 0 Å². The van der Waals surface area contributed by atoms with Crippen LogP contribution in [-0.2, 0) is 19.6 Å². The summed E-state index contributed by atoms with van der Waals surface area (Å²) in [7, 11) is 0. The molecule has 5 nitrogen and oxygen atoms in total. The minimum absolute atomic E-state index is 0.582. The van der Waals surface area contributed by atoms with E-state index < -0.39 is 0 Å². The Kier molecular flexibility index (Phi) is 4.27. The molecule has 0 aliphatic carbocycles. The quantitative estimate of drug-likeness (QED) is 0.916. The van der Waals surface area contributed by atoms with Gasteiger partial charge in [0.25, 0.3) is 0 Å². The van der Waals surface area contributed by atoms with E-state index in [2.05, 4.69) is 15.4 Å². The molecule has 2 heterocycles. The van der Waals surface area contributed by atoms with Crippen LogP contribution in [0.2, 0.25) is 5.02 Å². The average molecular weight is 283 g/mol. The Bertz CT molecular complexity index is 554. The maximum Gasteiger partial charge on any atom is 0.208 e. The molecule has 2 aromatic rings. The van der Waals surface area contributed by atoms with Gasteiger partial charge in [-0.05, 0) is 27.7 Å². The van der Waals surface area contributed by atoms with Gasteiger partial charge in [0.2, 0.25) is 5.89 Å². The molecule has 0 saturated heterocycles. The maximum atomic E-state index is 6.24. The van der Waals surface area contributed by atoms with E-state index in [0.29, 0.717) is 19.0 Å². The molecule has 0 aromatic carbocycles. The van der Waals surface area contributed by atoms with E-state index in [1.165, 1.54) is 0 Å². The molecule has 1 N–H and O–H groups in total. The van der Waals surface area contributed by atoms with Crippen molar-refractivity contribution >= 4 is 11.6 Å². The third-order valence-corrected chi connectivity index (χ3v) is 3.59. The number of hydrogen-bond acceptors (Lipinski definition) is 4. The first-order valence-electron chi connectivity index (χ1n) is 6.38. The third kappa shape index (κ3) is 2.98. The molecule has 0 aliphatic heterocycles. The van der Waals surface area contributed by atoms with Crippen LogP contribution in [0, 0.1) is 20.8 Å².